The van der Waals surface area contributed by atoms with Crippen LogP contribution in [-0.4, -0.2) is 190 Å². The highest BCUT2D eigenvalue weighted by atomic mass is 16.8. The minimum absolute atomic E-state index is 0.0827. The predicted molar refractivity (Wildman–Crippen MR) is 247 cm³/mol. The summed E-state index contributed by atoms with van der Waals surface area (Å²) in [5, 5.41) is 78.9. The number of allylic oxidation sites excluding steroid dienone is 2. The van der Waals surface area contributed by atoms with E-state index in [1.807, 2.05) is 6.92 Å². The molecule has 0 bridgehead atoms. The summed E-state index contributed by atoms with van der Waals surface area (Å²) in [7, 11) is 2.89. The van der Waals surface area contributed by atoms with E-state index in [4.69, 9.17) is 47.4 Å². The average Bonchev–Trinajstić information content (AvgIpc) is 3.63. The van der Waals surface area contributed by atoms with Crippen LogP contribution < -0.4 is 0 Å². The van der Waals surface area contributed by atoms with Crippen LogP contribution in [0.4, 0.5) is 0 Å². The quantitative estimate of drug-likeness (QED) is 0.0740. The van der Waals surface area contributed by atoms with Gasteiger partial charge in [-0.05, 0) is 105 Å². The first kappa shape index (κ1) is 56.2. The first-order chi connectivity index (χ1) is 33.4. The molecule has 0 amide bonds. The van der Waals surface area contributed by atoms with Crippen LogP contribution in [0, 0.1) is 28.6 Å². The van der Waals surface area contributed by atoms with Gasteiger partial charge in [0.15, 0.2) is 18.9 Å². The van der Waals surface area contributed by atoms with Crippen molar-refractivity contribution in [1.82, 2.24) is 0 Å². The van der Waals surface area contributed by atoms with E-state index in [-0.39, 0.29) is 43.5 Å². The number of Topliss-reactive ketones (excluding diaryl/α,β-unsaturated/α-hetero) is 1. The van der Waals surface area contributed by atoms with Gasteiger partial charge >= 0.3 is 11.9 Å². The fourth-order valence-corrected chi connectivity index (χ4v) is 13.8. The maximum atomic E-state index is 13.9. The summed E-state index contributed by atoms with van der Waals surface area (Å²) in [6, 6.07) is 0. The zero-order valence-corrected chi connectivity index (χ0v) is 43.0. The molecule has 4 aliphatic carbocycles. The molecule has 20 nitrogen and oxygen atoms in total. The number of hydrogen-bond acceptors (Lipinski definition) is 20. The second-order valence-electron chi connectivity index (χ2n) is 21.7. The van der Waals surface area contributed by atoms with E-state index in [9.17, 15) is 50.1 Å². The van der Waals surface area contributed by atoms with Crippen molar-refractivity contribution in [3.8, 4) is 0 Å². The second kappa shape index (κ2) is 21.6. The third-order valence-corrected chi connectivity index (χ3v) is 18.1. The Morgan fingerprint density at radius 2 is 1.30 bits per heavy atom. The highest BCUT2D eigenvalue weighted by Gasteiger charge is 2.81. The molecule has 24 atom stereocenters. The number of hydrogen-bond donors (Lipinski definition) is 7. The standard InChI is InChI=1S/C51H80O20/c1-12-23(3)44(58)68-41-42-48(8)17-15-29(20-28(48)14-18-50(42,60)51(61)19-16-30(25(5)53)49(51,9)43(41)71-45(59)24(4)13-2)66-33-21-31(62-10)38(26(6)64-33)69-47-37(57)40(63-11)39(27(7)65-47)70-46-36(56)35(55)34(54)32(22-52)67-46/h12-13,26-43,46-47,52,54-57,60-61H,14-22H2,1-11H3/b23-12+,24-13+/t26?,27?,28-,29-,30+,31+,32?,33-,34+,35-,36?,37?,38+,39+,40+,41-,42+,43+,46-,47-,48-,49-,50-,51+/m0/s1. The van der Waals surface area contributed by atoms with E-state index in [1.165, 1.54) is 21.1 Å². The molecule has 0 radical (unpaired) electrons. The topological polar surface area (TPSA) is 285 Å². The molecule has 5 unspecified atom stereocenters. The van der Waals surface area contributed by atoms with Gasteiger partial charge in [-0.2, -0.15) is 0 Å². The number of carbonyl (C=O) groups is 3. The molecule has 0 spiro atoms. The van der Waals surface area contributed by atoms with Gasteiger partial charge in [-0.3, -0.25) is 4.79 Å². The van der Waals surface area contributed by atoms with E-state index in [1.54, 1.807) is 60.6 Å². The molecule has 7 rings (SSSR count). The van der Waals surface area contributed by atoms with E-state index < -0.39 is 151 Å². The Bertz CT molecular complexity index is 1980. The van der Waals surface area contributed by atoms with Crippen LogP contribution in [-0.2, 0) is 61.8 Å². The maximum Gasteiger partial charge on any atom is 0.333 e. The number of carbonyl (C=O) groups excluding carboxylic acids is 3. The van der Waals surface area contributed by atoms with Crippen LogP contribution in [0.25, 0.3) is 0 Å². The smallest absolute Gasteiger partial charge is 0.333 e. The largest absolute Gasteiger partial charge is 0.455 e. The van der Waals surface area contributed by atoms with Gasteiger partial charge in [-0.15, -0.1) is 0 Å². The highest BCUT2D eigenvalue weighted by Crippen LogP contribution is 2.71. The summed E-state index contributed by atoms with van der Waals surface area (Å²) < 4.78 is 61.7. The minimum Gasteiger partial charge on any atom is -0.455 e. The number of ketones is 1. The van der Waals surface area contributed by atoms with Crippen molar-refractivity contribution in [2.45, 2.75) is 229 Å². The molecule has 3 heterocycles. The number of aliphatic hydroxyl groups excluding tert-OH is 5. The normalized spacial score (nSPS) is 49.3. The van der Waals surface area contributed by atoms with Crippen LogP contribution in [0.3, 0.4) is 0 Å². The monoisotopic (exact) mass is 1010 g/mol. The molecule has 7 fully saturated rings. The van der Waals surface area contributed by atoms with E-state index in [0.717, 1.165) is 0 Å². The number of ether oxygens (including phenoxy) is 10. The molecule has 3 aliphatic heterocycles. The summed E-state index contributed by atoms with van der Waals surface area (Å²) in [6.45, 7) is 14.6. The Hall–Kier alpha value is -2.51. The van der Waals surface area contributed by atoms with Crippen molar-refractivity contribution in [2.75, 3.05) is 20.8 Å². The van der Waals surface area contributed by atoms with E-state index in [2.05, 4.69) is 0 Å². The number of fused-ring (bicyclic) bond motifs is 5. The lowest BCUT2D eigenvalue weighted by atomic mass is 9.39. The SMILES string of the molecule is C/C=C(\C)C(=O)O[C@@H]1[C@@H](OC(=O)/C(C)=C/C)[C@]2(C)[C@@H](C(C)=O)CC[C@]2(O)[C@]2(O)CC[C@H]3C[C@@H](O[C@H]4C[C@@H](OC)[C@H](O[C@@H]5OC(C)[C@@H](O[C@@H]6OC(CO)[C@@H](O)[C@H](O)C6O)[C@H](OC)C5O)C(C)O4)CC[C@]3(C)[C@@H]12. The van der Waals surface area contributed by atoms with E-state index in [0.29, 0.717) is 36.8 Å². The van der Waals surface area contributed by atoms with Gasteiger partial charge < -0.3 is 83.1 Å². The van der Waals surface area contributed by atoms with Crippen LogP contribution in [0.5, 0.6) is 0 Å². The Labute approximate surface area is 416 Å². The van der Waals surface area contributed by atoms with Gasteiger partial charge in [0.05, 0.1) is 31.0 Å². The van der Waals surface area contributed by atoms with Gasteiger partial charge in [0.2, 0.25) is 0 Å². The molecular formula is C51H80O20. The van der Waals surface area contributed by atoms with Crippen LogP contribution in [0.1, 0.15) is 114 Å². The number of rotatable bonds is 14. The van der Waals surface area contributed by atoms with Gasteiger partial charge in [-0.1, -0.05) is 26.0 Å². The molecule has 3 saturated heterocycles. The van der Waals surface area contributed by atoms with Crippen molar-refractivity contribution in [1.29, 1.82) is 0 Å². The third-order valence-electron chi connectivity index (χ3n) is 18.1. The molecule has 0 aromatic heterocycles. The van der Waals surface area contributed by atoms with Crippen molar-refractivity contribution < 1.29 is 97.5 Å². The number of aliphatic hydroxyl groups is 7. The highest BCUT2D eigenvalue weighted by molar-refractivity contribution is 5.89. The van der Waals surface area contributed by atoms with Crippen molar-refractivity contribution in [3.05, 3.63) is 23.3 Å². The van der Waals surface area contributed by atoms with Gasteiger partial charge in [0.25, 0.3) is 0 Å². The predicted octanol–water partition coefficient (Wildman–Crippen LogP) is 1.67. The van der Waals surface area contributed by atoms with Gasteiger partial charge in [0, 0.05) is 49.0 Å². The number of methoxy groups -OCH3 is 2. The van der Waals surface area contributed by atoms with E-state index >= 15 is 0 Å². The third kappa shape index (κ3) is 9.62. The molecule has 71 heavy (non-hydrogen) atoms. The summed E-state index contributed by atoms with van der Waals surface area (Å²) >= 11 is 0. The first-order valence-electron chi connectivity index (χ1n) is 25.4. The Morgan fingerprint density at radius 3 is 1.90 bits per heavy atom. The lowest BCUT2D eigenvalue weighted by Crippen LogP contribution is -2.81. The van der Waals surface area contributed by atoms with Crippen LogP contribution in [0.15, 0.2) is 23.3 Å². The molecule has 0 aromatic carbocycles. The number of esters is 2. The Kier molecular flexibility index (Phi) is 17.1. The molecule has 404 valence electrons. The average molecular weight is 1010 g/mol. The maximum absolute atomic E-state index is 13.9. The molecule has 4 saturated carbocycles. The summed E-state index contributed by atoms with van der Waals surface area (Å²) in [5.74, 6) is -3.38. The lowest BCUT2D eigenvalue weighted by molar-refractivity contribution is -0.372. The Morgan fingerprint density at radius 1 is 0.676 bits per heavy atom. The zero-order chi connectivity index (χ0) is 52.3. The molecule has 7 N–H and O–H groups in total. The van der Waals surface area contributed by atoms with Crippen molar-refractivity contribution in [3.63, 3.8) is 0 Å². The van der Waals surface area contributed by atoms with Gasteiger partial charge in [-0.25, -0.2) is 9.59 Å². The molecular weight excluding hydrogens is 933 g/mol. The summed E-state index contributed by atoms with van der Waals surface area (Å²) in [6.07, 6.45) is -13.0. The summed E-state index contributed by atoms with van der Waals surface area (Å²) in [4.78, 5) is 41.2. The first-order valence-corrected chi connectivity index (χ1v) is 25.4. The van der Waals surface area contributed by atoms with Crippen molar-refractivity contribution >= 4 is 17.7 Å². The molecule has 20 heteroatoms. The summed E-state index contributed by atoms with van der Waals surface area (Å²) in [5.41, 5.74) is -5.41. The molecule has 0 aromatic rings. The fraction of sp³-hybridized carbons (Fsp3) is 0.863. The lowest BCUT2D eigenvalue weighted by Gasteiger charge is -2.69. The fourth-order valence-electron chi connectivity index (χ4n) is 13.8. The Balaban J connectivity index is 1.07. The van der Waals surface area contributed by atoms with Crippen LogP contribution in [0.2, 0.25) is 0 Å². The van der Waals surface area contributed by atoms with Crippen molar-refractivity contribution in [2.24, 2.45) is 28.6 Å². The zero-order valence-electron chi connectivity index (χ0n) is 43.0. The van der Waals surface area contributed by atoms with Gasteiger partial charge in [0.1, 0.15) is 78.0 Å². The van der Waals surface area contributed by atoms with Crippen LogP contribution >= 0.6 is 0 Å². The minimum atomic E-state index is -1.89. The second-order valence-corrected chi connectivity index (χ2v) is 21.7. The molecule has 7 aliphatic rings.